The summed E-state index contributed by atoms with van der Waals surface area (Å²) in [6.07, 6.45) is 6.38. The van der Waals surface area contributed by atoms with Crippen molar-refractivity contribution in [1.29, 1.82) is 0 Å². The van der Waals surface area contributed by atoms with Crippen LogP contribution >= 0.6 is 0 Å². The van der Waals surface area contributed by atoms with E-state index in [4.69, 9.17) is 4.84 Å². The second kappa shape index (κ2) is 13.1. The summed E-state index contributed by atoms with van der Waals surface area (Å²) in [5, 5.41) is 1.63. The van der Waals surface area contributed by atoms with Gasteiger partial charge in [-0.05, 0) is 79.7 Å². The summed E-state index contributed by atoms with van der Waals surface area (Å²) in [5.41, 5.74) is 0. The fourth-order valence-corrected chi connectivity index (χ4v) is 10.6. The van der Waals surface area contributed by atoms with Crippen molar-refractivity contribution in [2.24, 2.45) is 41.4 Å². The molecule has 242 valence electrons. The molecule has 1 aliphatic heterocycles. The van der Waals surface area contributed by atoms with Crippen molar-refractivity contribution in [2.75, 3.05) is 6.67 Å². The molecule has 0 spiro atoms. The molecule has 0 bridgehead atoms. The first kappa shape index (κ1) is 33.0. The number of Topliss-reactive ketones (excluding diaryl/α,β-unsaturated/α-hetero) is 1. The van der Waals surface area contributed by atoms with Crippen LogP contribution in [0.5, 0.6) is 0 Å². The van der Waals surface area contributed by atoms with E-state index in [-0.39, 0.29) is 48.7 Å². The van der Waals surface area contributed by atoms with Crippen molar-refractivity contribution < 1.29 is 22.4 Å². The van der Waals surface area contributed by atoms with Crippen LogP contribution in [-0.2, 0) is 19.5 Å². The van der Waals surface area contributed by atoms with Gasteiger partial charge in [-0.15, -0.1) is 5.06 Å². The highest BCUT2D eigenvalue weighted by Gasteiger charge is 2.61. The molecule has 4 fully saturated rings. The maximum atomic E-state index is 17.7. The Kier molecular flexibility index (Phi) is 10.1. The predicted octanol–water partition coefficient (Wildman–Crippen LogP) is 6.75. The number of halogens is 1. The maximum Gasteiger partial charge on any atom is 0.295 e. The first-order valence-electron chi connectivity index (χ1n) is 16.8. The highest BCUT2D eigenvalue weighted by Crippen LogP contribution is 2.48. The first-order valence-corrected chi connectivity index (χ1v) is 18.3. The third-order valence-corrected chi connectivity index (χ3v) is 13.4. The van der Waals surface area contributed by atoms with Gasteiger partial charge in [0.25, 0.3) is 5.12 Å². The molecule has 3 saturated carbocycles. The molecular formula is C34H54FN3O4S. The van der Waals surface area contributed by atoms with Crippen molar-refractivity contribution in [3.8, 4) is 0 Å². The number of ketones is 1. The molecule has 1 aromatic rings. The second-order valence-corrected chi connectivity index (χ2v) is 16.9. The van der Waals surface area contributed by atoms with Gasteiger partial charge in [-0.25, -0.2) is 12.8 Å². The molecule has 9 unspecified atom stereocenters. The number of rotatable bonds is 9. The van der Waals surface area contributed by atoms with Gasteiger partial charge in [0, 0.05) is 30.8 Å². The number of sulfone groups is 1. The second-order valence-electron chi connectivity index (χ2n) is 14.8. The zero-order chi connectivity index (χ0) is 31.1. The molecular weight excluding hydrogens is 565 g/mol. The third-order valence-electron chi connectivity index (χ3n) is 11.2. The van der Waals surface area contributed by atoms with Crippen LogP contribution in [0.3, 0.4) is 0 Å². The molecule has 0 amide bonds. The van der Waals surface area contributed by atoms with E-state index < -0.39 is 27.2 Å². The number of hydrogen-bond acceptors (Lipinski definition) is 7. The molecule has 1 N–H and O–H groups in total. The SMILES string of the molecule is CC1CCC(C(C)C)C(N(C2NCN(C(F)(C3CCC(=O)C3)S(=O)(=O)c3ccccc3)O2)C2CC(C)CCC2C(C)C)C1. The average Bonchev–Trinajstić information content (AvgIpc) is 3.63. The van der Waals surface area contributed by atoms with Gasteiger partial charge < -0.3 is 0 Å². The van der Waals surface area contributed by atoms with Crippen molar-refractivity contribution in [2.45, 2.75) is 128 Å². The van der Waals surface area contributed by atoms with E-state index in [0.29, 0.717) is 35.5 Å². The summed E-state index contributed by atoms with van der Waals surface area (Å²) in [6, 6.07) is 8.27. The van der Waals surface area contributed by atoms with Crippen molar-refractivity contribution in [3.05, 3.63) is 30.3 Å². The number of nitrogens with one attached hydrogen (secondary N) is 1. The van der Waals surface area contributed by atoms with Crippen LogP contribution in [0.1, 0.15) is 99.3 Å². The van der Waals surface area contributed by atoms with Crippen molar-refractivity contribution in [1.82, 2.24) is 15.3 Å². The van der Waals surface area contributed by atoms with E-state index in [0.717, 1.165) is 30.7 Å². The summed E-state index contributed by atoms with van der Waals surface area (Å²) in [4.78, 5) is 21.4. The highest BCUT2D eigenvalue weighted by atomic mass is 32.2. The third kappa shape index (κ3) is 6.35. The lowest BCUT2D eigenvalue weighted by Crippen LogP contribution is -2.61. The highest BCUT2D eigenvalue weighted by molar-refractivity contribution is 7.92. The number of hydrogen-bond donors (Lipinski definition) is 1. The molecule has 4 aliphatic rings. The molecule has 1 aromatic carbocycles. The minimum Gasteiger partial charge on any atom is -0.300 e. The Labute approximate surface area is 259 Å². The van der Waals surface area contributed by atoms with E-state index in [9.17, 15) is 13.2 Å². The zero-order valence-corrected chi connectivity index (χ0v) is 27.9. The molecule has 1 heterocycles. The van der Waals surface area contributed by atoms with Crippen LogP contribution in [0.4, 0.5) is 4.39 Å². The Balaban J connectivity index is 1.54. The minimum absolute atomic E-state index is 0.0718. The van der Waals surface area contributed by atoms with Crippen LogP contribution in [0.2, 0.25) is 0 Å². The number of benzene rings is 1. The molecule has 1 saturated heterocycles. The van der Waals surface area contributed by atoms with Crippen LogP contribution in [0.15, 0.2) is 35.2 Å². The van der Waals surface area contributed by atoms with Gasteiger partial charge in [0.2, 0.25) is 9.84 Å². The minimum atomic E-state index is -4.53. The topological polar surface area (TPSA) is 79.0 Å². The monoisotopic (exact) mass is 619 g/mol. The van der Waals surface area contributed by atoms with Gasteiger partial charge >= 0.3 is 0 Å². The van der Waals surface area contributed by atoms with E-state index in [1.54, 1.807) is 18.2 Å². The van der Waals surface area contributed by atoms with Gasteiger partial charge in [0.15, 0.2) is 6.35 Å². The summed E-state index contributed by atoms with van der Waals surface area (Å²) >= 11 is 0. The van der Waals surface area contributed by atoms with Crippen LogP contribution in [-0.4, -0.2) is 54.4 Å². The Bertz CT molecular complexity index is 1180. The van der Waals surface area contributed by atoms with Crippen LogP contribution in [0.25, 0.3) is 0 Å². The number of carbonyl (C=O) groups is 1. The van der Waals surface area contributed by atoms with Gasteiger partial charge in [-0.1, -0.05) is 72.6 Å². The molecule has 5 rings (SSSR count). The standard InChI is InChI=1S/C34H54FN3O4S/c1-22(2)29-16-12-24(5)18-31(29)38(32-19-25(6)13-17-30(32)23(3)4)33-36-21-37(42-33)34(35,26-14-15-27(39)20-26)43(40,41)28-10-8-7-9-11-28/h7-11,22-26,29-33,36H,12-21H2,1-6H3. The number of carbonyl (C=O) groups excluding carboxylic acids is 1. The Morgan fingerprint density at radius 1 is 0.930 bits per heavy atom. The van der Waals surface area contributed by atoms with Crippen LogP contribution < -0.4 is 5.32 Å². The van der Waals surface area contributed by atoms with Gasteiger partial charge in [0.1, 0.15) is 5.78 Å². The van der Waals surface area contributed by atoms with Gasteiger partial charge in [-0.2, -0.15) is 0 Å². The lowest BCUT2D eigenvalue weighted by Gasteiger charge is -2.53. The summed E-state index contributed by atoms with van der Waals surface area (Å²) in [6.45, 7) is 13.8. The van der Waals surface area contributed by atoms with Crippen molar-refractivity contribution >= 4 is 15.6 Å². The fourth-order valence-electron chi connectivity index (χ4n) is 8.72. The number of alkyl halides is 1. The van der Waals surface area contributed by atoms with Gasteiger partial charge in [0.05, 0.1) is 11.6 Å². The molecule has 43 heavy (non-hydrogen) atoms. The zero-order valence-electron chi connectivity index (χ0n) is 27.0. The van der Waals surface area contributed by atoms with Crippen molar-refractivity contribution in [3.63, 3.8) is 0 Å². The molecule has 9 atom stereocenters. The summed E-state index contributed by atoms with van der Waals surface area (Å²) in [5.74, 6) is 1.94. The maximum absolute atomic E-state index is 17.7. The number of hydroxylamine groups is 2. The molecule has 3 aliphatic carbocycles. The summed E-state index contributed by atoms with van der Waals surface area (Å²) < 4.78 is 46.0. The normalized spacial score (nSPS) is 36.1. The molecule has 0 aromatic heterocycles. The van der Waals surface area contributed by atoms with E-state index in [2.05, 4.69) is 51.8 Å². The van der Waals surface area contributed by atoms with E-state index in [1.165, 1.54) is 25.0 Å². The lowest BCUT2D eigenvalue weighted by molar-refractivity contribution is -0.275. The summed E-state index contributed by atoms with van der Waals surface area (Å²) in [7, 11) is -4.53. The Hall–Kier alpha value is -1.39. The predicted molar refractivity (Wildman–Crippen MR) is 167 cm³/mol. The first-order chi connectivity index (χ1) is 20.3. The number of nitrogens with zero attached hydrogens (tertiary/aromatic N) is 2. The fraction of sp³-hybridized carbons (Fsp3) is 0.794. The quantitative estimate of drug-likeness (QED) is 0.306. The van der Waals surface area contributed by atoms with Crippen LogP contribution in [0, 0.1) is 41.4 Å². The van der Waals surface area contributed by atoms with Gasteiger partial charge in [-0.3, -0.25) is 19.8 Å². The molecule has 7 nitrogen and oxygen atoms in total. The molecule has 9 heteroatoms. The Morgan fingerprint density at radius 2 is 1.49 bits per heavy atom. The van der Waals surface area contributed by atoms with E-state index in [1.807, 2.05) is 0 Å². The lowest BCUT2D eigenvalue weighted by atomic mass is 9.69. The van der Waals surface area contributed by atoms with E-state index >= 15 is 4.39 Å². The Morgan fingerprint density at radius 3 is 1.98 bits per heavy atom. The molecule has 0 radical (unpaired) electrons. The average molecular weight is 620 g/mol. The smallest absolute Gasteiger partial charge is 0.295 e. The largest absolute Gasteiger partial charge is 0.300 e.